The van der Waals surface area contributed by atoms with Crippen LogP contribution in [0.15, 0.2) is 87.1 Å². The van der Waals surface area contributed by atoms with Gasteiger partial charge in [-0.05, 0) is 36.0 Å². The van der Waals surface area contributed by atoms with Crippen LogP contribution in [-0.4, -0.2) is 29.6 Å². The number of nitrogens with zero attached hydrogens (tertiary/aromatic N) is 3. The Morgan fingerprint density at radius 1 is 1.08 bits per heavy atom. The predicted octanol–water partition coefficient (Wildman–Crippen LogP) is 4.85. The first-order valence-corrected chi connectivity index (χ1v) is 9.81. The van der Waals surface area contributed by atoms with Gasteiger partial charge in [0.1, 0.15) is 4.91 Å². The number of hydrogen-bond donors (Lipinski definition) is 0. The highest BCUT2D eigenvalue weighted by atomic mass is 32.2. The number of carbonyl (C=O) groups excluding carboxylic acids is 1. The average molecular weight is 380 g/mol. The fourth-order valence-electron chi connectivity index (χ4n) is 2.82. The molecule has 0 spiro atoms. The molecule has 4 rings (SSSR count). The summed E-state index contributed by atoms with van der Waals surface area (Å²) < 4.78 is 0. The minimum absolute atomic E-state index is 0.0215. The van der Waals surface area contributed by atoms with E-state index >= 15 is 0 Å². The number of anilines is 1. The molecule has 0 N–H and O–H groups in total. The van der Waals surface area contributed by atoms with Crippen molar-refractivity contribution in [2.24, 2.45) is 4.99 Å². The van der Waals surface area contributed by atoms with Crippen LogP contribution in [0.5, 0.6) is 0 Å². The van der Waals surface area contributed by atoms with E-state index in [2.05, 4.69) is 28.6 Å². The Balaban J connectivity index is 1.74. The molecule has 2 heterocycles. The third-order valence-corrected chi connectivity index (χ3v) is 6.52. The fraction of sp³-hybridized carbons (Fsp3) is 0.100. The highest BCUT2D eigenvalue weighted by Crippen LogP contribution is 2.49. The lowest BCUT2D eigenvalue weighted by atomic mass is 10.3. The summed E-state index contributed by atoms with van der Waals surface area (Å²) >= 11 is 3.06. The Hall–Kier alpha value is -2.44. The molecule has 2 aliphatic heterocycles. The van der Waals surface area contributed by atoms with Crippen molar-refractivity contribution in [1.82, 2.24) is 4.90 Å². The van der Waals surface area contributed by atoms with Crippen LogP contribution in [0.25, 0.3) is 0 Å². The Morgan fingerprint density at radius 2 is 1.81 bits per heavy atom. The molecule has 0 bridgehead atoms. The summed E-state index contributed by atoms with van der Waals surface area (Å²) in [6.07, 6.45) is 1.73. The van der Waals surface area contributed by atoms with Crippen molar-refractivity contribution in [3.63, 3.8) is 0 Å². The number of rotatable bonds is 3. The zero-order chi connectivity index (χ0) is 18.1. The summed E-state index contributed by atoms with van der Waals surface area (Å²) in [5.74, 6) is -0.0215. The molecule has 2 aliphatic rings. The molecule has 4 nitrogen and oxygen atoms in total. The van der Waals surface area contributed by atoms with E-state index in [4.69, 9.17) is 0 Å². The summed E-state index contributed by atoms with van der Waals surface area (Å²) in [7, 11) is 2.00. The number of fused-ring (bicyclic) bond motifs is 1. The highest BCUT2D eigenvalue weighted by molar-refractivity contribution is 8.19. The van der Waals surface area contributed by atoms with E-state index in [0.717, 1.165) is 21.3 Å². The SMILES string of the molecule is C=CCN1C(=O)C(=C2Sc3ccccc3N2C)SC1=Nc1ccccc1. The van der Waals surface area contributed by atoms with Crippen LogP contribution in [0, 0.1) is 0 Å². The molecule has 6 heteroatoms. The molecule has 0 saturated carbocycles. The number of amides is 1. The lowest BCUT2D eigenvalue weighted by Crippen LogP contribution is -2.29. The minimum atomic E-state index is -0.0215. The van der Waals surface area contributed by atoms with E-state index in [1.165, 1.54) is 11.8 Å². The Bertz CT molecular complexity index is 937. The highest BCUT2D eigenvalue weighted by Gasteiger charge is 2.38. The molecule has 26 heavy (non-hydrogen) atoms. The fourth-order valence-corrected chi connectivity index (χ4v) is 5.17. The number of amidine groups is 1. The number of para-hydroxylation sites is 2. The zero-order valence-corrected chi connectivity index (χ0v) is 15.9. The molecule has 0 aromatic heterocycles. The molecule has 1 saturated heterocycles. The average Bonchev–Trinajstić information content (AvgIpc) is 3.15. The van der Waals surface area contributed by atoms with E-state index in [1.807, 2.05) is 49.5 Å². The first-order chi connectivity index (χ1) is 12.7. The summed E-state index contributed by atoms with van der Waals surface area (Å²) in [6, 6.07) is 17.9. The maximum absolute atomic E-state index is 13.1. The Labute approximate surface area is 161 Å². The van der Waals surface area contributed by atoms with Crippen molar-refractivity contribution in [3.05, 3.63) is 77.2 Å². The number of thioether (sulfide) groups is 2. The van der Waals surface area contributed by atoms with Gasteiger partial charge in [-0.2, -0.15) is 0 Å². The number of aliphatic imine (C=N–C) groups is 1. The minimum Gasteiger partial charge on any atom is -0.337 e. The number of carbonyl (C=O) groups is 1. The van der Waals surface area contributed by atoms with Crippen molar-refractivity contribution in [2.45, 2.75) is 4.90 Å². The summed E-state index contributed by atoms with van der Waals surface area (Å²) in [5, 5.41) is 1.64. The van der Waals surface area contributed by atoms with Crippen LogP contribution in [0.4, 0.5) is 11.4 Å². The summed E-state index contributed by atoms with van der Waals surface area (Å²) in [4.78, 5) is 23.4. The quantitative estimate of drug-likeness (QED) is 0.564. The van der Waals surface area contributed by atoms with Crippen molar-refractivity contribution in [3.8, 4) is 0 Å². The van der Waals surface area contributed by atoms with Crippen molar-refractivity contribution in [1.29, 1.82) is 0 Å². The third kappa shape index (κ3) is 2.95. The predicted molar refractivity (Wildman–Crippen MR) is 111 cm³/mol. The van der Waals surface area contributed by atoms with Crippen LogP contribution in [-0.2, 0) is 4.79 Å². The number of hydrogen-bond acceptors (Lipinski definition) is 5. The topological polar surface area (TPSA) is 35.9 Å². The Kier molecular flexibility index (Phi) is 4.61. The van der Waals surface area contributed by atoms with Gasteiger partial charge in [0.25, 0.3) is 5.91 Å². The lowest BCUT2D eigenvalue weighted by Gasteiger charge is -2.15. The number of benzene rings is 2. The van der Waals surface area contributed by atoms with Crippen LogP contribution < -0.4 is 4.90 Å². The van der Waals surface area contributed by atoms with Gasteiger partial charge in [-0.25, -0.2) is 4.99 Å². The maximum Gasteiger partial charge on any atom is 0.269 e. The van der Waals surface area contributed by atoms with Gasteiger partial charge in [-0.15, -0.1) is 6.58 Å². The molecule has 2 aromatic rings. The molecule has 0 radical (unpaired) electrons. The molecule has 0 atom stereocenters. The monoisotopic (exact) mass is 379 g/mol. The normalized spacial score (nSPS) is 20.8. The van der Waals surface area contributed by atoms with Gasteiger partial charge in [-0.3, -0.25) is 9.69 Å². The van der Waals surface area contributed by atoms with Crippen LogP contribution >= 0.6 is 23.5 Å². The van der Waals surface area contributed by atoms with Gasteiger partial charge in [0.2, 0.25) is 0 Å². The lowest BCUT2D eigenvalue weighted by molar-refractivity contribution is -0.121. The molecule has 2 aromatic carbocycles. The van der Waals surface area contributed by atoms with E-state index in [1.54, 1.807) is 22.7 Å². The van der Waals surface area contributed by atoms with Gasteiger partial charge >= 0.3 is 0 Å². The van der Waals surface area contributed by atoms with E-state index in [-0.39, 0.29) is 5.91 Å². The van der Waals surface area contributed by atoms with Gasteiger partial charge in [-0.1, -0.05) is 48.2 Å². The zero-order valence-electron chi connectivity index (χ0n) is 14.3. The van der Waals surface area contributed by atoms with E-state index < -0.39 is 0 Å². The molecule has 0 aliphatic carbocycles. The van der Waals surface area contributed by atoms with Crippen molar-refractivity contribution in [2.75, 3.05) is 18.5 Å². The second-order valence-corrected chi connectivity index (χ2v) is 7.81. The molecule has 1 fully saturated rings. The largest absolute Gasteiger partial charge is 0.337 e. The maximum atomic E-state index is 13.1. The molecule has 130 valence electrons. The van der Waals surface area contributed by atoms with Gasteiger partial charge in [0.05, 0.1) is 16.4 Å². The van der Waals surface area contributed by atoms with E-state index in [0.29, 0.717) is 16.6 Å². The summed E-state index contributed by atoms with van der Waals surface area (Å²) in [5.41, 5.74) is 1.95. The van der Waals surface area contributed by atoms with Crippen molar-refractivity contribution < 1.29 is 4.79 Å². The standard InChI is InChI=1S/C20H17N3OS2/c1-3-13-23-18(24)17(26-20(23)21-14-9-5-4-6-10-14)19-22(2)15-11-7-8-12-16(15)25-19/h3-12H,1,13H2,2H3. The van der Waals surface area contributed by atoms with Crippen LogP contribution in [0.3, 0.4) is 0 Å². The van der Waals surface area contributed by atoms with E-state index in [9.17, 15) is 4.79 Å². The van der Waals surface area contributed by atoms with Crippen LogP contribution in [0.1, 0.15) is 0 Å². The third-order valence-electron chi connectivity index (χ3n) is 4.09. The first kappa shape index (κ1) is 17.0. The van der Waals surface area contributed by atoms with Gasteiger partial charge < -0.3 is 4.90 Å². The smallest absolute Gasteiger partial charge is 0.269 e. The van der Waals surface area contributed by atoms with Gasteiger partial charge in [0, 0.05) is 18.5 Å². The second kappa shape index (κ2) is 7.05. The molecule has 0 unspecified atom stereocenters. The first-order valence-electron chi connectivity index (χ1n) is 8.18. The molecular formula is C20H17N3OS2. The van der Waals surface area contributed by atoms with Crippen molar-refractivity contribution >= 4 is 46.0 Å². The van der Waals surface area contributed by atoms with Gasteiger partial charge in [0.15, 0.2) is 5.17 Å². The molecule has 1 amide bonds. The Morgan fingerprint density at radius 3 is 2.54 bits per heavy atom. The molecular weight excluding hydrogens is 362 g/mol. The second-order valence-electron chi connectivity index (χ2n) is 5.80. The summed E-state index contributed by atoms with van der Waals surface area (Å²) in [6.45, 7) is 4.22. The van der Waals surface area contributed by atoms with Crippen LogP contribution in [0.2, 0.25) is 0 Å².